The molecule has 1 fully saturated rings. The largest absolute Gasteiger partial charge is 0.342 e. The van der Waals surface area contributed by atoms with Gasteiger partial charge in [0.05, 0.1) is 4.88 Å². The third-order valence-electron chi connectivity index (χ3n) is 5.65. The molecule has 29 heavy (non-hydrogen) atoms. The third kappa shape index (κ3) is 4.03. The zero-order valence-corrected chi connectivity index (χ0v) is 17.6. The molecule has 1 aliphatic rings. The summed E-state index contributed by atoms with van der Waals surface area (Å²) in [7, 11) is 1.86. The second-order valence-electron chi connectivity index (χ2n) is 7.59. The fourth-order valence-corrected chi connectivity index (χ4v) is 5.30. The number of carbonyl (C=O) groups excluding carboxylic acids is 2. The van der Waals surface area contributed by atoms with Crippen LogP contribution in [0.2, 0.25) is 0 Å². The van der Waals surface area contributed by atoms with Crippen molar-refractivity contribution in [2.24, 2.45) is 0 Å². The third-order valence-corrected chi connectivity index (χ3v) is 6.82. The average Bonchev–Trinajstić information content (AvgIpc) is 3.36. The molecule has 6 heteroatoms. The van der Waals surface area contributed by atoms with E-state index in [2.05, 4.69) is 17.1 Å². The lowest BCUT2D eigenvalue weighted by atomic mass is 9.95. The van der Waals surface area contributed by atoms with Gasteiger partial charge in [-0.15, -0.1) is 11.3 Å². The van der Waals surface area contributed by atoms with E-state index in [1.807, 2.05) is 42.3 Å². The van der Waals surface area contributed by atoms with Crippen LogP contribution in [0.1, 0.15) is 40.2 Å². The van der Waals surface area contributed by atoms with E-state index in [-0.39, 0.29) is 17.7 Å². The maximum absolute atomic E-state index is 13.4. The number of likely N-dealkylation sites (N-methyl/N-ethyl adjacent to an activating group) is 1. The van der Waals surface area contributed by atoms with Crippen LogP contribution in [0, 0.1) is 0 Å². The van der Waals surface area contributed by atoms with E-state index >= 15 is 0 Å². The minimum Gasteiger partial charge on any atom is -0.342 e. The Morgan fingerprint density at radius 2 is 2.00 bits per heavy atom. The number of benzene rings is 1. The van der Waals surface area contributed by atoms with Crippen LogP contribution in [0.25, 0.3) is 10.1 Å². The van der Waals surface area contributed by atoms with Gasteiger partial charge >= 0.3 is 0 Å². The number of carbonyl (C=O) groups is 2. The Bertz CT molecular complexity index is 1030. The second kappa shape index (κ2) is 8.33. The molecular weight excluding hydrogens is 382 g/mol. The molecule has 2 amide bonds. The van der Waals surface area contributed by atoms with Gasteiger partial charge in [0, 0.05) is 62.5 Å². The quantitative estimate of drug-likeness (QED) is 0.644. The highest BCUT2D eigenvalue weighted by Crippen LogP contribution is 2.40. The summed E-state index contributed by atoms with van der Waals surface area (Å²) in [6.07, 6.45) is 3.41. The molecule has 5 nitrogen and oxygen atoms in total. The monoisotopic (exact) mass is 407 g/mol. The number of pyridine rings is 1. The molecule has 0 spiro atoms. The standard InChI is InChI=1S/C23H25N3O2S/c1-16(27)26-14-10-17(15-26)21-19-8-3-4-9-20(19)29-22(21)23(28)25(2)13-11-18-7-5-6-12-24-18/h3-9,12,17H,10-11,13-15H2,1-2H3/t17-/m0/s1. The summed E-state index contributed by atoms with van der Waals surface area (Å²) in [6, 6.07) is 14.1. The summed E-state index contributed by atoms with van der Waals surface area (Å²) in [5, 5.41) is 1.15. The molecule has 0 saturated carbocycles. The zero-order valence-electron chi connectivity index (χ0n) is 16.8. The number of fused-ring (bicyclic) bond motifs is 1. The van der Waals surface area contributed by atoms with Gasteiger partial charge in [-0.05, 0) is 35.6 Å². The number of hydrogen-bond acceptors (Lipinski definition) is 4. The van der Waals surface area contributed by atoms with Crippen LogP contribution in [0.15, 0.2) is 48.7 Å². The van der Waals surface area contributed by atoms with Crippen molar-refractivity contribution in [3.63, 3.8) is 0 Å². The fourth-order valence-electron chi connectivity index (χ4n) is 4.01. The first-order chi connectivity index (χ1) is 14.0. The topological polar surface area (TPSA) is 53.5 Å². The average molecular weight is 408 g/mol. The highest BCUT2D eigenvalue weighted by Gasteiger charge is 2.32. The SMILES string of the molecule is CC(=O)N1CC[C@H](c2c(C(=O)N(C)CCc3ccccn3)sc3ccccc23)C1. The van der Waals surface area contributed by atoms with Gasteiger partial charge in [0.25, 0.3) is 5.91 Å². The smallest absolute Gasteiger partial charge is 0.264 e. The summed E-state index contributed by atoms with van der Waals surface area (Å²) in [5.74, 6) is 0.365. The minimum atomic E-state index is 0.0541. The van der Waals surface area contributed by atoms with Gasteiger partial charge in [0.2, 0.25) is 5.91 Å². The van der Waals surface area contributed by atoms with Crippen LogP contribution < -0.4 is 0 Å². The Balaban J connectivity index is 1.61. The van der Waals surface area contributed by atoms with Crippen LogP contribution in [0.5, 0.6) is 0 Å². The number of likely N-dealkylation sites (tertiary alicyclic amines) is 1. The molecule has 0 radical (unpaired) electrons. The predicted octanol–water partition coefficient (Wildman–Crippen LogP) is 3.95. The highest BCUT2D eigenvalue weighted by atomic mass is 32.1. The second-order valence-corrected chi connectivity index (χ2v) is 8.64. The fraction of sp³-hybridized carbons (Fsp3) is 0.348. The van der Waals surface area contributed by atoms with E-state index < -0.39 is 0 Å². The first-order valence-electron chi connectivity index (χ1n) is 9.97. The van der Waals surface area contributed by atoms with Crippen molar-refractivity contribution in [3.05, 3.63) is 64.8 Å². The van der Waals surface area contributed by atoms with Gasteiger partial charge in [0.1, 0.15) is 0 Å². The molecule has 4 rings (SSSR count). The van der Waals surface area contributed by atoms with Crippen molar-refractivity contribution in [2.45, 2.75) is 25.7 Å². The number of aromatic nitrogens is 1. The van der Waals surface area contributed by atoms with Gasteiger partial charge in [-0.2, -0.15) is 0 Å². The lowest BCUT2D eigenvalue weighted by molar-refractivity contribution is -0.127. The molecule has 3 aromatic rings. The molecule has 1 aromatic carbocycles. The van der Waals surface area contributed by atoms with Crippen molar-refractivity contribution in [2.75, 3.05) is 26.7 Å². The van der Waals surface area contributed by atoms with Crippen molar-refractivity contribution >= 4 is 33.2 Å². The van der Waals surface area contributed by atoms with Crippen molar-refractivity contribution < 1.29 is 9.59 Å². The van der Waals surface area contributed by atoms with E-state index in [0.29, 0.717) is 13.1 Å². The molecule has 1 atom stereocenters. The van der Waals surface area contributed by atoms with Crippen LogP contribution in [-0.4, -0.2) is 53.3 Å². The maximum atomic E-state index is 13.4. The Kier molecular flexibility index (Phi) is 5.62. The molecule has 0 unspecified atom stereocenters. The summed E-state index contributed by atoms with van der Waals surface area (Å²) in [4.78, 5) is 34.0. The zero-order chi connectivity index (χ0) is 20.4. The Hall–Kier alpha value is -2.73. The molecule has 0 aliphatic carbocycles. The van der Waals surface area contributed by atoms with E-state index in [1.54, 1.807) is 29.4 Å². The molecule has 150 valence electrons. The number of rotatable bonds is 5. The lowest BCUT2D eigenvalue weighted by Crippen LogP contribution is -2.29. The Morgan fingerprint density at radius 3 is 2.72 bits per heavy atom. The Morgan fingerprint density at radius 1 is 1.21 bits per heavy atom. The number of nitrogens with zero attached hydrogens (tertiary/aromatic N) is 3. The Labute approximate surface area is 175 Å². The lowest BCUT2D eigenvalue weighted by Gasteiger charge is -2.19. The van der Waals surface area contributed by atoms with Gasteiger partial charge < -0.3 is 9.80 Å². The summed E-state index contributed by atoms with van der Waals surface area (Å²) in [5.41, 5.74) is 2.10. The summed E-state index contributed by atoms with van der Waals surface area (Å²) < 4.78 is 1.13. The number of amides is 2. The predicted molar refractivity (Wildman–Crippen MR) is 116 cm³/mol. The van der Waals surface area contributed by atoms with Gasteiger partial charge in [0.15, 0.2) is 0 Å². The van der Waals surface area contributed by atoms with Crippen LogP contribution in [0.4, 0.5) is 0 Å². The molecule has 0 bridgehead atoms. The van der Waals surface area contributed by atoms with E-state index in [4.69, 9.17) is 0 Å². The molecule has 1 saturated heterocycles. The minimum absolute atomic E-state index is 0.0541. The van der Waals surface area contributed by atoms with E-state index in [1.165, 1.54) is 0 Å². The van der Waals surface area contributed by atoms with Gasteiger partial charge in [-0.25, -0.2) is 0 Å². The van der Waals surface area contributed by atoms with Crippen LogP contribution >= 0.6 is 11.3 Å². The van der Waals surface area contributed by atoms with Gasteiger partial charge in [-0.3, -0.25) is 14.6 Å². The molecule has 2 aromatic heterocycles. The van der Waals surface area contributed by atoms with E-state index in [9.17, 15) is 9.59 Å². The van der Waals surface area contributed by atoms with Crippen LogP contribution in [0.3, 0.4) is 0 Å². The number of thiophene rings is 1. The molecular formula is C23H25N3O2S. The summed E-state index contributed by atoms with van der Waals surface area (Å²) >= 11 is 1.57. The van der Waals surface area contributed by atoms with E-state index in [0.717, 1.165) is 45.6 Å². The number of hydrogen-bond donors (Lipinski definition) is 0. The highest BCUT2D eigenvalue weighted by molar-refractivity contribution is 7.21. The molecule has 0 N–H and O–H groups in total. The molecule has 1 aliphatic heterocycles. The first-order valence-corrected chi connectivity index (χ1v) is 10.8. The summed E-state index contributed by atoms with van der Waals surface area (Å²) in [6.45, 7) is 3.68. The van der Waals surface area contributed by atoms with Crippen molar-refractivity contribution in [1.82, 2.24) is 14.8 Å². The van der Waals surface area contributed by atoms with Crippen LogP contribution in [-0.2, 0) is 11.2 Å². The van der Waals surface area contributed by atoms with Crippen molar-refractivity contribution in [1.29, 1.82) is 0 Å². The maximum Gasteiger partial charge on any atom is 0.264 e. The first kappa shape index (κ1) is 19.6. The van der Waals surface area contributed by atoms with Gasteiger partial charge in [-0.1, -0.05) is 24.3 Å². The normalized spacial score (nSPS) is 16.3. The van der Waals surface area contributed by atoms with Crippen molar-refractivity contribution in [3.8, 4) is 0 Å². The molecule has 3 heterocycles.